The minimum Gasteiger partial charge on any atom is -0.364 e. The summed E-state index contributed by atoms with van der Waals surface area (Å²) >= 11 is 0. The average Bonchev–Trinajstić information content (AvgIpc) is 2.64. The Labute approximate surface area is 117 Å². The molecule has 126 valence electrons. The largest absolute Gasteiger partial charge is 0.459 e. The van der Waals surface area contributed by atoms with E-state index in [0.29, 0.717) is 4.68 Å². The number of nitrogens with two attached hydrogens (primary N) is 1. The van der Waals surface area contributed by atoms with Crippen LogP contribution in [0.5, 0.6) is 0 Å². The van der Waals surface area contributed by atoms with Crippen molar-refractivity contribution in [3.05, 3.63) is 17.0 Å². The van der Waals surface area contributed by atoms with E-state index in [-0.39, 0.29) is 0 Å². The number of primary amides is 1. The van der Waals surface area contributed by atoms with Crippen molar-refractivity contribution in [3.63, 3.8) is 0 Å². The number of rotatable bonds is 4. The van der Waals surface area contributed by atoms with Crippen LogP contribution in [-0.2, 0) is 18.9 Å². The first-order chi connectivity index (χ1) is 9.72. The quantitative estimate of drug-likeness (QED) is 0.858. The van der Waals surface area contributed by atoms with E-state index in [0.717, 1.165) is 0 Å². The fraction of sp³-hybridized carbons (Fsp3) is 0.600. The molecule has 1 rings (SSSR count). The summed E-state index contributed by atoms with van der Waals surface area (Å²) in [6.07, 6.45) is -13.5. The zero-order valence-electron chi connectivity index (χ0n) is 10.8. The molecular weight excluding hydrogens is 330 g/mol. The maximum absolute atomic E-state index is 13.4. The smallest absolute Gasteiger partial charge is 0.364 e. The van der Waals surface area contributed by atoms with E-state index in [4.69, 9.17) is 5.73 Å². The minimum absolute atomic E-state index is 0.290. The Morgan fingerprint density at radius 2 is 1.64 bits per heavy atom. The molecule has 1 heterocycles. The Morgan fingerprint density at radius 3 is 1.95 bits per heavy atom. The number of aryl methyl sites for hydroxylation is 1. The van der Waals surface area contributed by atoms with Crippen LogP contribution in [0.4, 0.5) is 35.1 Å². The Morgan fingerprint density at radius 1 is 1.14 bits per heavy atom. The molecular formula is C10H9F8N3O. The summed E-state index contributed by atoms with van der Waals surface area (Å²) in [7, 11) is 0. The van der Waals surface area contributed by atoms with Gasteiger partial charge < -0.3 is 5.73 Å². The predicted molar refractivity (Wildman–Crippen MR) is 56.1 cm³/mol. The molecule has 0 spiro atoms. The Kier molecular flexibility index (Phi) is 4.45. The minimum atomic E-state index is -6.17. The summed E-state index contributed by atoms with van der Waals surface area (Å²) in [5.41, 5.74) is -0.0966. The van der Waals surface area contributed by atoms with E-state index < -0.39 is 54.1 Å². The van der Waals surface area contributed by atoms with Crippen LogP contribution in [0.25, 0.3) is 0 Å². The van der Waals surface area contributed by atoms with Crippen LogP contribution in [-0.4, -0.2) is 28.0 Å². The zero-order valence-corrected chi connectivity index (χ0v) is 10.8. The van der Waals surface area contributed by atoms with Gasteiger partial charge >= 0.3 is 18.3 Å². The Hall–Kier alpha value is -1.88. The second kappa shape index (κ2) is 5.39. The molecule has 1 amide bonds. The molecule has 0 atom stereocenters. The zero-order chi connectivity index (χ0) is 17.5. The highest BCUT2D eigenvalue weighted by molar-refractivity contribution is 5.93. The molecule has 22 heavy (non-hydrogen) atoms. The fourth-order valence-electron chi connectivity index (χ4n) is 1.76. The van der Waals surface area contributed by atoms with Crippen molar-refractivity contribution in [2.75, 3.05) is 0 Å². The van der Waals surface area contributed by atoms with Gasteiger partial charge in [-0.25, -0.2) is 0 Å². The van der Waals surface area contributed by atoms with E-state index in [1.165, 1.54) is 6.92 Å². The number of nitrogens with zero attached hydrogens (tertiary/aromatic N) is 2. The molecule has 12 heteroatoms. The van der Waals surface area contributed by atoms with Gasteiger partial charge in [-0.15, -0.1) is 0 Å². The molecule has 0 aliphatic rings. The lowest BCUT2D eigenvalue weighted by Gasteiger charge is -2.19. The third-order valence-electron chi connectivity index (χ3n) is 2.61. The number of carbonyl (C=O) groups excluding carboxylic acids is 1. The summed E-state index contributed by atoms with van der Waals surface area (Å²) in [4.78, 5) is 11.1. The molecule has 2 N–H and O–H groups in total. The number of amides is 1. The topological polar surface area (TPSA) is 60.9 Å². The average molecular weight is 339 g/mol. The SMILES string of the molecule is CCn1nc(C(F)(F)C(F)(F)F)c(CC(F)(F)F)c1C(N)=O. The van der Waals surface area contributed by atoms with Crippen LogP contribution < -0.4 is 5.73 Å². The highest BCUT2D eigenvalue weighted by Crippen LogP contribution is 2.45. The van der Waals surface area contributed by atoms with Crippen LogP contribution in [0, 0.1) is 0 Å². The molecule has 0 radical (unpaired) electrons. The second-order valence-corrected chi connectivity index (χ2v) is 4.22. The van der Waals surface area contributed by atoms with Crippen molar-refractivity contribution in [3.8, 4) is 0 Å². The van der Waals surface area contributed by atoms with Crippen LogP contribution >= 0.6 is 0 Å². The lowest BCUT2D eigenvalue weighted by molar-refractivity contribution is -0.291. The van der Waals surface area contributed by atoms with Gasteiger partial charge in [-0.2, -0.15) is 40.2 Å². The molecule has 0 bridgehead atoms. The number of alkyl halides is 8. The first kappa shape index (κ1) is 18.2. The lowest BCUT2D eigenvalue weighted by atomic mass is 10.0. The van der Waals surface area contributed by atoms with Crippen molar-refractivity contribution in [2.45, 2.75) is 38.2 Å². The highest BCUT2D eigenvalue weighted by atomic mass is 19.4. The number of carbonyl (C=O) groups is 1. The second-order valence-electron chi connectivity index (χ2n) is 4.22. The van der Waals surface area contributed by atoms with E-state index >= 15 is 0 Å². The third kappa shape index (κ3) is 3.30. The van der Waals surface area contributed by atoms with Gasteiger partial charge in [0.15, 0.2) is 0 Å². The van der Waals surface area contributed by atoms with E-state index in [1.807, 2.05) is 0 Å². The van der Waals surface area contributed by atoms with Crippen molar-refractivity contribution in [1.82, 2.24) is 9.78 Å². The number of hydrogen-bond donors (Lipinski definition) is 1. The van der Waals surface area contributed by atoms with Crippen LogP contribution in [0.3, 0.4) is 0 Å². The lowest BCUT2D eigenvalue weighted by Crippen LogP contribution is -2.35. The van der Waals surface area contributed by atoms with Gasteiger partial charge in [0.25, 0.3) is 5.91 Å². The third-order valence-corrected chi connectivity index (χ3v) is 2.61. The number of aromatic nitrogens is 2. The van der Waals surface area contributed by atoms with Crippen LogP contribution in [0.1, 0.15) is 28.7 Å². The van der Waals surface area contributed by atoms with Gasteiger partial charge in [0, 0.05) is 12.1 Å². The molecule has 1 aromatic rings. The number of halogens is 8. The van der Waals surface area contributed by atoms with Gasteiger partial charge in [-0.1, -0.05) is 0 Å². The van der Waals surface area contributed by atoms with Gasteiger partial charge in [0.1, 0.15) is 11.4 Å². The molecule has 0 saturated heterocycles. The first-order valence-corrected chi connectivity index (χ1v) is 5.63. The summed E-state index contributed by atoms with van der Waals surface area (Å²) in [6, 6.07) is 0. The van der Waals surface area contributed by atoms with Crippen molar-refractivity contribution in [2.24, 2.45) is 5.73 Å². The van der Waals surface area contributed by atoms with E-state index in [9.17, 15) is 39.9 Å². The predicted octanol–water partition coefficient (Wildman–Crippen LogP) is 2.76. The molecule has 0 aromatic carbocycles. The Bertz CT molecular complexity index is 572. The van der Waals surface area contributed by atoms with Crippen molar-refractivity contribution in [1.29, 1.82) is 0 Å². The standard InChI is InChI=1S/C10H9F8N3O/c1-2-21-5(7(19)22)4(3-8(11,12)13)6(20-21)9(14,15)10(16,17)18/h2-3H2,1H3,(H2,19,22). The van der Waals surface area contributed by atoms with Gasteiger partial charge in [0.05, 0.1) is 6.42 Å². The van der Waals surface area contributed by atoms with E-state index in [1.54, 1.807) is 0 Å². The maximum atomic E-state index is 13.4. The molecule has 4 nitrogen and oxygen atoms in total. The molecule has 0 fully saturated rings. The normalized spacial score (nSPS) is 13.5. The monoisotopic (exact) mass is 339 g/mol. The van der Waals surface area contributed by atoms with E-state index in [2.05, 4.69) is 5.10 Å². The molecule has 0 saturated carbocycles. The molecule has 0 unspecified atom stereocenters. The summed E-state index contributed by atoms with van der Waals surface area (Å²) in [5, 5.41) is 2.82. The highest BCUT2D eigenvalue weighted by Gasteiger charge is 2.62. The van der Waals surface area contributed by atoms with Crippen molar-refractivity contribution < 1.29 is 39.9 Å². The Balaban J connectivity index is 3.68. The summed E-state index contributed by atoms with van der Waals surface area (Å²) in [6.45, 7) is 0.767. The maximum Gasteiger partial charge on any atom is 0.459 e. The number of hydrogen-bond acceptors (Lipinski definition) is 2. The molecule has 0 aliphatic carbocycles. The van der Waals surface area contributed by atoms with Crippen LogP contribution in [0.15, 0.2) is 0 Å². The summed E-state index contributed by atoms with van der Waals surface area (Å²) < 4.78 is 102. The van der Waals surface area contributed by atoms with Crippen LogP contribution in [0.2, 0.25) is 0 Å². The molecule has 0 aliphatic heterocycles. The first-order valence-electron chi connectivity index (χ1n) is 5.63. The molecule has 1 aromatic heterocycles. The summed E-state index contributed by atoms with van der Waals surface area (Å²) in [5.74, 6) is -7.24. The van der Waals surface area contributed by atoms with Crippen molar-refractivity contribution >= 4 is 5.91 Å². The van der Waals surface area contributed by atoms with Gasteiger partial charge in [0.2, 0.25) is 0 Å². The fourth-order valence-corrected chi connectivity index (χ4v) is 1.76. The van der Waals surface area contributed by atoms with Gasteiger partial charge in [-0.3, -0.25) is 9.48 Å². The van der Waals surface area contributed by atoms with Gasteiger partial charge in [-0.05, 0) is 6.92 Å².